The number of rotatable bonds is 1. The summed E-state index contributed by atoms with van der Waals surface area (Å²) in [4.78, 5) is 23.2. The molecule has 1 heterocycles. The van der Waals surface area contributed by atoms with E-state index in [2.05, 4.69) is 0 Å². The first-order valence-corrected chi connectivity index (χ1v) is 5.05. The molecule has 0 unspecified atom stereocenters. The van der Waals surface area contributed by atoms with Gasteiger partial charge in [-0.05, 0) is 31.0 Å². The van der Waals surface area contributed by atoms with E-state index in [1.165, 1.54) is 0 Å². The Balaban J connectivity index is 3.03. The van der Waals surface area contributed by atoms with Gasteiger partial charge >= 0.3 is 0 Å². The summed E-state index contributed by atoms with van der Waals surface area (Å²) in [5.41, 5.74) is 11.9. The minimum atomic E-state index is -0.877. The van der Waals surface area contributed by atoms with Gasteiger partial charge in [0.1, 0.15) is 11.1 Å². The highest BCUT2D eigenvalue weighted by atomic mass is 16.3. The topological polar surface area (TPSA) is 99.3 Å². The maximum Gasteiger partial charge on any atom is 0.258 e. The molecule has 0 radical (unpaired) electrons. The van der Waals surface area contributed by atoms with Crippen LogP contribution in [0.5, 0.6) is 0 Å². The van der Waals surface area contributed by atoms with Crippen LogP contribution in [0.1, 0.15) is 21.5 Å². The lowest BCUT2D eigenvalue weighted by Crippen LogP contribution is -2.23. The molecule has 0 spiro atoms. The molecule has 0 aliphatic carbocycles. The second-order valence-corrected chi connectivity index (χ2v) is 3.99. The van der Waals surface area contributed by atoms with Crippen LogP contribution in [0, 0.1) is 13.8 Å². The molecule has 5 heteroatoms. The first-order valence-electron chi connectivity index (χ1n) is 5.05. The average Bonchev–Trinajstić information content (AvgIpc) is 2.19. The number of aryl methyl sites for hydroxylation is 2. The average molecular weight is 232 g/mol. The van der Waals surface area contributed by atoms with Crippen LogP contribution in [-0.2, 0) is 0 Å². The molecule has 88 valence electrons. The van der Waals surface area contributed by atoms with Gasteiger partial charge in [-0.25, -0.2) is 0 Å². The Morgan fingerprint density at radius 3 is 2.53 bits per heavy atom. The lowest BCUT2D eigenvalue weighted by molar-refractivity contribution is 0.0999. The SMILES string of the molecule is Cc1cc(C)c2oc(N)c(C(N)=O)c(=O)c2c1. The van der Waals surface area contributed by atoms with Crippen molar-refractivity contribution < 1.29 is 9.21 Å². The van der Waals surface area contributed by atoms with Crippen LogP contribution in [0.25, 0.3) is 11.0 Å². The molecule has 2 rings (SSSR count). The second kappa shape index (κ2) is 3.62. The zero-order valence-corrected chi connectivity index (χ0v) is 9.53. The molecule has 0 saturated heterocycles. The van der Waals surface area contributed by atoms with Crippen molar-refractivity contribution in [1.82, 2.24) is 0 Å². The lowest BCUT2D eigenvalue weighted by Gasteiger charge is -2.06. The summed E-state index contributed by atoms with van der Waals surface area (Å²) < 4.78 is 5.30. The van der Waals surface area contributed by atoms with Crippen LogP contribution >= 0.6 is 0 Å². The van der Waals surface area contributed by atoms with E-state index in [4.69, 9.17) is 15.9 Å². The summed E-state index contributed by atoms with van der Waals surface area (Å²) in [6, 6.07) is 3.52. The van der Waals surface area contributed by atoms with Gasteiger partial charge in [-0.1, -0.05) is 6.07 Å². The molecule has 0 saturated carbocycles. The van der Waals surface area contributed by atoms with E-state index in [0.717, 1.165) is 11.1 Å². The Kier molecular flexibility index (Phi) is 2.38. The quantitative estimate of drug-likeness (QED) is 0.768. The third kappa shape index (κ3) is 1.65. The van der Waals surface area contributed by atoms with Crippen LogP contribution in [0.3, 0.4) is 0 Å². The number of carbonyl (C=O) groups is 1. The van der Waals surface area contributed by atoms with Crippen molar-refractivity contribution in [3.8, 4) is 0 Å². The number of fused-ring (bicyclic) bond motifs is 1. The highest BCUT2D eigenvalue weighted by molar-refractivity contribution is 6.00. The molecule has 17 heavy (non-hydrogen) atoms. The largest absolute Gasteiger partial charge is 0.440 e. The number of hydrogen-bond donors (Lipinski definition) is 2. The van der Waals surface area contributed by atoms with Crippen molar-refractivity contribution in [2.24, 2.45) is 5.73 Å². The van der Waals surface area contributed by atoms with E-state index in [-0.39, 0.29) is 11.4 Å². The zero-order chi connectivity index (χ0) is 12.7. The molecule has 1 amide bonds. The van der Waals surface area contributed by atoms with Crippen molar-refractivity contribution in [3.63, 3.8) is 0 Å². The highest BCUT2D eigenvalue weighted by Gasteiger charge is 2.17. The number of primary amides is 1. The summed E-state index contributed by atoms with van der Waals surface area (Å²) in [5.74, 6) is -1.11. The summed E-state index contributed by atoms with van der Waals surface area (Å²) >= 11 is 0. The molecule has 2 aromatic rings. The summed E-state index contributed by atoms with van der Waals surface area (Å²) in [5, 5.41) is 0.325. The summed E-state index contributed by atoms with van der Waals surface area (Å²) in [7, 11) is 0. The fourth-order valence-electron chi connectivity index (χ4n) is 1.90. The standard InChI is InChI=1S/C12H12N2O3/c1-5-3-6(2)10-7(4-5)9(15)8(11(13)16)12(14)17-10/h3-4H,14H2,1-2H3,(H2,13,16). The van der Waals surface area contributed by atoms with Crippen molar-refractivity contribution >= 4 is 22.8 Å². The second-order valence-electron chi connectivity index (χ2n) is 3.99. The molecule has 0 fully saturated rings. The minimum absolute atomic E-state index is 0.234. The zero-order valence-electron chi connectivity index (χ0n) is 9.53. The normalized spacial score (nSPS) is 10.7. The van der Waals surface area contributed by atoms with E-state index in [9.17, 15) is 9.59 Å². The van der Waals surface area contributed by atoms with Crippen molar-refractivity contribution in [1.29, 1.82) is 0 Å². The lowest BCUT2D eigenvalue weighted by atomic mass is 10.1. The van der Waals surface area contributed by atoms with Gasteiger partial charge in [0.05, 0.1) is 5.39 Å². The van der Waals surface area contributed by atoms with Crippen LogP contribution in [0.2, 0.25) is 0 Å². The van der Waals surface area contributed by atoms with Gasteiger partial charge in [0, 0.05) is 0 Å². The Morgan fingerprint density at radius 1 is 1.29 bits per heavy atom. The molecule has 0 atom stereocenters. The molecular formula is C12H12N2O3. The maximum atomic E-state index is 12.1. The van der Waals surface area contributed by atoms with Gasteiger partial charge in [-0.2, -0.15) is 0 Å². The molecule has 0 aliphatic heterocycles. The predicted octanol–water partition coefficient (Wildman–Crippen LogP) is 1.09. The third-order valence-electron chi connectivity index (χ3n) is 2.60. The predicted molar refractivity (Wildman–Crippen MR) is 64.9 cm³/mol. The minimum Gasteiger partial charge on any atom is -0.440 e. The van der Waals surface area contributed by atoms with E-state index in [0.29, 0.717) is 11.0 Å². The number of anilines is 1. The number of benzene rings is 1. The van der Waals surface area contributed by atoms with Gasteiger partial charge in [0.15, 0.2) is 0 Å². The van der Waals surface area contributed by atoms with Gasteiger partial charge in [0.2, 0.25) is 11.3 Å². The smallest absolute Gasteiger partial charge is 0.258 e. The monoisotopic (exact) mass is 232 g/mol. The van der Waals surface area contributed by atoms with Crippen LogP contribution in [0.15, 0.2) is 21.3 Å². The van der Waals surface area contributed by atoms with Crippen molar-refractivity contribution in [3.05, 3.63) is 39.0 Å². The first kappa shape index (κ1) is 11.2. The fourth-order valence-corrected chi connectivity index (χ4v) is 1.90. The fraction of sp³-hybridized carbons (Fsp3) is 0.167. The van der Waals surface area contributed by atoms with Crippen molar-refractivity contribution in [2.75, 3.05) is 5.73 Å². The van der Waals surface area contributed by atoms with Crippen LogP contribution in [0.4, 0.5) is 5.88 Å². The number of nitrogen functional groups attached to an aromatic ring is 1. The van der Waals surface area contributed by atoms with E-state index < -0.39 is 11.3 Å². The molecule has 4 N–H and O–H groups in total. The number of hydrogen-bond acceptors (Lipinski definition) is 4. The Morgan fingerprint density at radius 2 is 1.94 bits per heavy atom. The van der Waals surface area contributed by atoms with E-state index >= 15 is 0 Å². The molecule has 0 bridgehead atoms. The maximum absolute atomic E-state index is 12.1. The number of nitrogens with two attached hydrogens (primary N) is 2. The summed E-state index contributed by atoms with van der Waals surface area (Å²) in [6.45, 7) is 3.66. The number of carbonyl (C=O) groups excluding carboxylic acids is 1. The molecular weight excluding hydrogens is 220 g/mol. The van der Waals surface area contributed by atoms with Crippen molar-refractivity contribution in [2.45, 2.75) is 13.8 Å². The van der Waals surface area contributed by atoms with Gasteiger partial charge in [0.25, 0.3) is 5.91 Å². The van der Waals surface area contributed by atoms with Crippen LogP contribution < -0.4 is 16.9 Å². The van der Waals surface area contributed by atoms with Gasteiger partial charge < -0.3 is 15.9 Å². The van der Waals surface area contributed by atoms with Gasteiger partial charge in [-0.15, -0.1) is 0 Å². The molecule has 5 nitrogen and oxygen atoms in total. The third-order valence-corrected chi connectivity index (χ3v) is 2.60. The van der Waals surface area contributed by atoms with Crippen LogP contribution in [-0.4, -0.2) is 5.91 Å². The highest BCUT2D eigenvalue weighted by Crippen LogP contribution is 2.22. The Labute approximate surface area is 97.0 Å². The molecule has 1 aromatic carbocycles. The number of amides is 1. The van der Waals surface area contributed by atoms with Gasteiger partial charge in [-0.3, -0.25) is 9.59 Å². The Bertz CT molecular complexity index is 686. The van der Waals surface area contributed by atoms with E-state index in [1.807, 2.05) is 19.9 Å². The molecule has 0 aliphatic rings. The summed E-state index contributed by atoms with van der Waals surface area (Å²) in [6.07, 6.45) is 0. The Hall–Kier alpha value is -2.30. The first-order chi connectivity index (χ1) is 7.91. The van der Waals surface area contributed by atoms with E-state index in [1.54, 1.807) is 6.07 Å². The molecule has 1 aromatic heterocycles.